The molecule has 282 valence electrons. The van der Waals surface area contributed by atoms with Gasteiger partial charge < -0.3 is 35.1 Å². The summed E-state index contributed by atoms with van der Waals surface area (Å²) in [5.74, 6) is -0.308. The number of aliphatic hydroxyl groups is 2. The zero-order valence-electron chi connectivity index (χ0n) is 30.1. The lowest BCUT2D eigenvalue weighted by Gasteiger charge is -2.26. The average Bonchev–Trinajstić information content (AvgIpc) is 3.83. The number of benzene rings is 2. The molecule has 1 aliphatic carbocycles. The van der Waals surface area contributed by atoms with Crippen molar-refractivity contribution in [3.8, 4) is 10.6 Å². The minimum Gasteiger partial charge on any atom is -0.449 e. The Morgan fingerprint density at radius 2 is 1.81 bits per heavy atom. The fraction of sp³-hybridized carbons (Fsp3) is 0.436. The van der Waals surface area contributed by atoms with E-state index < -0.39 is 18.2 Å². The van der Waals surface area contributed by atoms with Crippen molar-refractivity contribution in [3.05, 3.63) is 94.1 Å². The van der Waals surface area contributed by atoms with E-state index in [-0.39, 0.29) is 28.9 Å². The van der Waals surface area contributed by atoms with Gasteiger partial charge in [0.15, 0.2) is 0 Å². The van der Waals surface area contributed by atoms with Crippen molar-refractivity contribution in [1.82, 2.24) is 29.3 Å². The third-order valence-electron chi connectivity index (χ3n) is 9.89. The molecule has 1 fully saturated rings. The molecule has 0 spiro atoms. The van der Waals surface area contributed by atoms with Crippen LogP contribution in [0.25, 0.3) is 21.6 Å². The highest BCUT2D eigenvalue weighted by Gasteiger charge is 2.43. The maximum absolute atomic E-state index is 13.4. The summed E-state index contributed by atoms with van der Waals surface area (Å²) < 4.78 is 20.8. The molecule has 53 heavy (non-hydrogen) atoms. The number of nitrogen functional groups attached to an aromatic ring is 1. The van der Waals surface area contributed by atoms with Gasteiger partial charge in [-0.25, -0.2) is 19.2 Å². The Bertz CT molecular complexity index is 1960. The first kappa shape index (κ1) is 38.6. The van der Waals surface area contributed by atoms with E-state index in [1.807, 2.05) is 48.3 Å². The van der Waals surface area contributed by atoms with Crippen LogP contribution in [0.3, 0.4) is 0 Å². The second-order valence-corrected chi connectivity index (χ2v) is 15.0. The molecular formula is C39H47ClFN7O4S. The number of nitrogens with two attached hydrogens (primary N) is 1. The Hall–Kier alpha value is -4.14. The molecule has 5 aromatic rings. The molecule has 0 unspecified atom stereocenters. The van der Waals surface area contributed by atoms with Crippen LogP contribution < -0.4 is 5.73 Å². The molecule has 0 radical (unpaired) electrons. The molecule has 0 aliphatic heterocycles. The van der Waals surface area contributed by atoms with Crippen LogP contribution in [0.4, 0.5) is 15.0 Å². The van der Waals surface area contributed by atoms with Crippen LogP contribution in [0, 0.1) is 11.7 Å². The minimum absolute atomic E-state index is 0.00456. The Morgan fingerprint density at radius 3 is 2.57 bits per heavy atom. The van der Waals surface area contributed by atoms with Gasteiger partial charge in [-0.3, -0.25) is 0 Å². The van der Waals surface area contributed by atoms with Gasteiger partial charge in [-0.05, 0) is 74.1 Å². The Morgan fingerprint density at radius 1 is 1.04 bits per heavy atom. The number of carbonyl (C=O) groups is 1. The summed E-state index contributed by atoms with van der Waals surface area (Å²) in [4.78, 5) is 30.4. The lowest BCUT2D eigenvalue weighted by Crippen LogP contribution is -2.38. The number of anilines is 1. The topological polar surface area (TPSA) is 143 Å². The normalized spacial score (nSPS) is 18.6. The van der Waals surface area contributed by atoms with Gasteiger partial charge in [0, 0.05) is 49.1 Å². The summed E-state index contributed by atoms with van der Waals surface area (Å²) in [6.07, 6.45) is 3.67. The second-order valence-electron chi connectivity index (χ2n) is 13.8. The summed E-state index contributed by atoms with van der Waals surface area (Å²) in [5, 5.41) is 26.1. The maximum atomic E-state index is 13.4. The van der Waals surface area contributed by atoms with E-state index in [9.17, 15) is 19.4 Å². The number of hydrogen-bond donors (Lipinski definition) is 3. The summed E-state index contributed by atoms with van der Waals surface area (Å²) in [7, 11) is 1.97. The standard InChI is InChI=1S/C39H47ClFN7O4S/c1-3-4-19-52-39(51)47(18-15-25-11-13-28(41)14-12-25)17-8-16-46(2)22-27-21-31(34(50)33(27)49)48-23-30(32-35(42)44-38(40)45-36(32)48)37-43-29(24-53-37)20-26-9-6-5-7-10-26/h5-7,9-14,23-24,27,31,33-34,49-50H,3-4,8,15-22H2,1-2H3,(H2,42,44,45)/t27-,31-,33-,34+/m1/s1. The molecule has 6 rings (SSSR count). The van der Waals surface area contributed by atoms with Crippen LogP contribution in [0.5, 0.6) is 0 Å². The lowest BCUT2D eigenvalue weighted by molar-refractivity contribution is 0.00159. The van der Waals surface area contributed by atoms with Crippen molar-refractivity contribution in [1.29, 1.82) is 0 Å². The van der Waals surface area contributed by atoms with Crippen molar-refractivity contribution in [2.45, 2.75) is 63.7 Å². The van der Waals surface area contributed by atoms with Crippen molar-refractivity contribution >= 4 is 45.9 Å². The van der Waals surface area contributed by atoms with Gasteiger partial charge >= 0.3 is 6.09 Å². The number of fused-ring (bicyclic) bond motifs is 1. The first-order chi connectivity index (χ1) is 25.6. The highest BCUT2D eigenvalue weighted by molar-refractivity contribution is 7.13. The van der Waals surface area contributed by atoms with E-state index in [2.05, 4.69) is 27.0 Å². The van der Waals surface area contributed by atoms with E-state index in [4.69, 9.17) is 27.1 Å². The zero-order valence-corrected chi connectivity index (χ0v) is 31.6. The molecule has 2 aromatic carbocycles. The summed E-state index contributed by atoms with van der Waals surface area (Å²) in [6, 6.07) is 15.9. The summed E-state index contributed by atoms with van der Waals surface area (Å²) >= 11 is 7.80. The molecule has 11 nitrogen and oxygen atoms in total. The van der Waals surface area contributed by atoms with Crippen molar-refractivity contribution < 1.29 is 24.1 Å². The largest absolute Gasteiger partial charge is 0.449 e. The van der Waals surface area contributed by atoms with Crippen molar-refractivity contribution in [3.63, 3.8) is 0 Å². The number of amides is 1. The van der Waals surface area contributed by atoms with Gasteiger partial charge in [0.25, 0.3) is 0 Å². The van der Waals surface area contributed by atoms with Gasteiger partial charge in [0.05, 0.1) is 29.8 Å². The van der Waals surface area contributed by atoms with Crippen LogP contribution in [-0.4, -0.2) is 97.7 Å². The number of unbranched alkanes of at least 4 members (excludes halogenated alkanes) is 1. The third kappa shape index (κ3) is 9.51. The SMILES string of the molecule is CCCCOC(=O)N(CCCN(C)C[C@H]1C[C@@H](n2cc(-c3nc(Cc4ccccc4)cs3)c3c(N)nc(Cl)nc32)[C@H](O)[C@@H]1O)CCc1ccc(F)cc1. The maximum Gasteiger partial charge on any atom is 0.409 e. The third-order valence-corrected chi connectivity index (χ3v) is 11.0. The van der Waals surface area contributed by atoms with E-state index in [1.165, 1.54) is 23.5 Å². The first-order valence-corrected chi connectivity index (χ1v) is 19.4. The van der Waals surface area contributed by atoms with Crippen molar-refractivity contribution in [2.75, 3.05) is 45.6 Å². The highest BCUT2D eigenvalue weighted by Crippen LogP contribution is 2.42. The number of nitrogens with zero attached hydrogens (tertiary/aromatic N) is 6. The predicted octanol–water partition coefficient (Wildman–Crippen LogP) is 6.61. The number of thiazole rings is 1. The number of hydrogen-bond acceptors (Lipinski definition) is 10. The van der Waals surface area contributed by atoms with Gasteiger partial charge in [-0.15, -0.1) is 11.3 Å². The van der Waals surface area contributed by atoms with Crippen molar-refractivity contribution in [2.24, 2.45) is 5.92 Å². The lowest BCUT2D eigenvalue weighted by atomic mass is 10.0. The molecule has 0 saturated heterocycles. The fourth-order valence-electron chi connectivity index (χ4n) is 7.06. The Labute approximate surface area is 318 Å². The van der Waals surface area contributed by atoms with Crippen LogP contribution in [0.2, 0.25) is 5.28 Å². The predicted molar refractivity (Wildman–Crippen MR) is 207 cm³/mol. The molecule has 4 N–H and O–H groups in total. The fourth-order valence-corrected chi connectivity index (χ4v) is 8.07. The van der Waals surface area contributed by atoms with Crippen LogP contribution in [-0.2, 0) is 17.6 Å². The average molecular weight is 764 g/mol. The Balaban J connectivity index is 1.11. The number of aromatic nitrogens is 4. The zero-order chi connectivity index (χ0) is 37.5. The number of ether oxygens (including phenoxy) is 1. The molecular weight excluding hydrogens is 717 g/mol. The van der Waals surface area contributed by atoms with Gasteiger partial charge in [-0.1, -0.05) is 55.8 Å². The van der Waals surface area contributed by atoms with Gasteiger partial charge in [-0.2, -0.15) is 4.98 Å². The van der Waals surface area contributed by atoms with Crippen LogP contribution >= 0.6 is 22.9 Å². The number of aliphatic hydroxyl groups excluding tert-OH is 2. The van der Waals surface area contributed by atoms with E-state index in [0.29, 0.717) is 69.5 Å². The monoisotopic (exact) mass is 763 g/mol. The molecule has 1 aliphatic rings. The summed E-state index contributed by atoms with van der Waals surface area (Å²) in [6.45, 7) is 4.54. The molecule has 0 bridgehead atoms. The molecule has 3 heterocycles. The number of rotatable bonds is 16. The highest BCUT2D eigenvalue weighted by atomic mass is 35.5. The number of carbonyl (C=O) groups excluding carboxylic acids is 1. The summed E-state index contributed by atoms with van der Waals surface area (Å²) in [5.41, 5.74) is 10.7. The van der Waals surface area contributed by atoms with E-state index >= 15 is 0 Å². The van der Waals surface area contributed by atoms with Crippen LogP contribution in [0.1, 0.15) is 55.5 Å². The van der Waals surface area contributed by atoms with E-state index in [1.54, 1.807) is 17.0 Å². The molecule has 1 saturated carbocycles. The Kier molecular flexibility index (Phi) is 12.9. The molecule has 3 aromatic heterocycles. The number of halogens is 2. The minimum atomic E-state index is -1.06. The van der Waals surface area contributed by atoms with Crippen LogP contribution in [0.15, 0.2) is 66.2 Å². The van der Waals surface area contributed by atoms with E-state index in [0.717, 1.165) is 40.2 Å². The van der Waals surface area contributed by atoms with Gasteiger partial charge in [0.2, 0.25) is 5.28 Å². The first-order valence-electron chi connectivity index (χ1n) is 18.1. The molecule has 14 heteroatoms. The van der Waals surface area contributed by atoms with Gasteiger partial charge in [0.1, 0.15) is 28.4 Å². The smallest absolute Gasteiger partial charge is 0.409 e. The molecule has 1 amide bonds. The quantitative estimate of drug-likeness (QED) is 0.0748. The second kappa shape index (κ2) is 17.8. The molecule has 4 atom stereocenters.